The first-order valence-corrected chi connectivity index (χ1v) is 8.03. The molecule has 0 atom stereocenters. The smallest absolute Gasteiger partial charge is 0.324 e. The summed E-state index contributed by atoms with van der Waals surface area (Å²) in [5.74, 6) is 0.692. The number of urea groups is 1. The third-order valence-electron chi connectivity index (χ3n) is 4.87. The molecule has 2 fully saturated rings. The lowest BCUT2D eigenvalue weighted by molar-refractivity contribution is -0.131. The first kappa shape index (κ1) is 17.1. The summed E-state index contributed by atoms with van der Waals surface area (Å²) in [6.45, 7) is 0.774. The standard InChI is InChI=1S/C17H21N3O5/c1-19-15(22)17(18-16(19)23)4-6-20(7-5-17)14(21)11-8-12(24-2)10-13(9-11)25-3/h8-10H,4-7H2,1-3H3,(H,18,23). The molecule has 0 aromatic heterocycles. The van der Waals surface area contributed by atoms with Crippen LogP contribution in [-0.4, -0.2) is 67.5 Å². The molecule has 1 aromatic rings. The first-order chi connectivity index (χ1) is 11.9. The lowest BCUT2D eigenvalue weighted by Crippen LogP contribution is -2.55. The number of likely N-dealkylation sites (N-methyl/N-ethyl adjacent to an activating group) is 1. The third-order valence-corrected chi connectivity index (χ3v) is 4.87. The number of rotatable bonds is 3. The zero-order valence-corrected chi connectivity index (χ0v) is 14.5. The number of methoxy groups -OCH3 is 2. The van der Waals surface area contributed by atoms with Crippen LogP contribution in [0.4, 0.5) is 4.79 Å². The van der Waals surface area contributed by atoms with E-state index in [2.05, 4.69) is 5.32 Å². The van der Waals surface area contributed by atoms with Crippen molar-refractivity contribution in [2.45, 2.75) is 18.4 Å². The number of hydrogen-bond donors (Lipinski definition) is 1. The molecule has 2 aliphatic heterocycles. The summed E-state index contributed by atoms with van der Waals surface area (Å²) in [7, 11) is 4.52. The second-order valence-electron chi connectivity index (χ2n) is 6.27. The second kappa shape index (κ2) is 6.27. The minimum absolute atomic E-state index is 0.155. The largest absolute Gasteiger partial charge is 0.497 e. The normalized spacial score (nSPS) is 19.2. The van der Waals surface area contributed by atoms with Crippen LogP contribution in [0.1, 0.15) is 23.2 Å². The van der Waals surface area contributed by atoms with E-state index in [-0.39, 0.29) is 17.8 Å². The molecule has 1 aromatic carbocycles. The van der Waals surface area contributed by atoms with Gasteiger partial charge >= 0.3 is 6.03 Å². The van der Waals surface area contributed by atoms with Crippen LogP contribution >= 0.6 is 0 Å². The highest BCUT2D eigenvalue weighted by molar-refractivity contribution is 6.07. The van der Waals surface area contributed by atoms with Crippen LogP contribution in [0.5, 0.6) is 11.5 Å². The van der Waals surface area contributed by atoms with Gasteiger partial charge in [0.1, 0.15) is 17.0 Å². The molecule has 25 heavy (non-hydrogen) atoms. The molecule has 2 heterocycles. The molecule has 0 radical (unpaired) electrons. The zero-order valence-electron chi connectivity index (χ0n) is 14.5. The average molecular weight is 347 g/mol. The van der Waals surface area contributed by atoms with Crippen LogP contribution in [0.3, 0.4) is 0 Å². The Hall–Kier alpha value is -2.77. The Morgan fingerprint density at radius 3 is 2.08 bits per heavy atom. The van der Waals surface area contributed by atoms with Gasteiger partial charge in [-0.05, 0) is 25.0 Å². The summed E-state index contributed by atoms with van der Waals surface area (Å²) in [5, 5.41) is 2.76. The van der Waals surface area contributed by atoms with Gasteiger partial charge in [-0.3, -0.25) is 14.5 Å². The van der Waals surface area contributed by atoms with E-state index in [9.17, 15) is 14.4 Å². The lowest BCUT2D eigenvalue weighted by Gasteiger charge is -2.37. The SMILES string of the molecule is COc1cc(OC)cc(C(=O)N2CCC3(CC2)NC(=O)N(C)C3=O)c1. The van der Waals surface area contributed by atoms with Crippen molar-refractivity contribution in [2.75, 3.05) is 34.4 Å². The van der Waals surface area contributed by atoms with Gasteiger partial charge in [0.15, 0.2) is 0 Å². The minimum atomic E-state index is -0.880. The fourth-order valence-corrected chi connectivity index (χ4v) is 3.30. The highest BCUT2D eigenvalue weighted by atomic mass is 16.5. The number of ether oxygens (including phenoxy) is 2. The quantitative estimate of drug-likeness (QED) is 0.820. The molecule has 1 spiro atoms. The molecule has 0 unspecified atom stereocenters. The first-order valence-electron chi connectivity index (χ1n) is 8.03. The number of carbonyl (C=O) groups excluding carboxylic acids is 3. The van der Waals surface area contributed by atoms with Crippen molar-refractivity contribution in [1.29, 1.82) is 0 Å². The number of benzene rings is 1. The van der Waals surface area contributed by atoms with Crippen LogP contribution in [0, 0.1) is 0 Å². The maximum absolute atomic E-state index is 12.8. The zero-order chi connectivity index (χ0) is 18.2. The number of piperidine rings is 1. The monoisotopic (exact) mass is 347 g/mol. The summed E-state index contributed by atoms with van der Waals surface area (Å²) in [6, 6.07) is 4.63. The van der Waals surface area contributed by atoms with Crippen molar-refractivity contribution >= 4 is 17.8 Å². The number of amides is 4. The molecule has 2 aliphatic rings. The molecule has 4 amide bonds. The molecule has 0 aliphatic carbocycles. The molecule has 0 bridgehead atoms. The molecular weight excluding hydrogens is 326 g/mol. The van der Waals surface area contributed by atoms with E-state index >= 15 is 0 Å². The Kier molecular flexibility index (Phi) is 4.28. The number of nitrogens with one attached hydrogen (secondary N) is 1. The highest BCUT2D eigenvalue weighted by Crippen LogP contribution is 2.30. The van der Waals surface area contributed by atoms with Crippen molar-refractivity contribution in [3.05, 3.63) is 23.8 Å². The Balaban J connectivity index is 1.74. The van der Waals surface area contributed by atoms with E-state index in [1.807, 2.05) is 0 Å². The predicted octanol–water partition coefficient (Wildman–Crippen LogP) is 0.860. The van der Waals surface area contributed by atoms with Gasteiger partial charge in [-0.2, -0.15) is 0 Å². The topological polar surface area (TPSA) is 88.2 Å². The number of hydrogen-bond acceptors (Lipinski definition) is 5. The summed E-state index contributed by atoms with van der Waals surface area (Å²) in [5.41, 5.74) is -0.416. The van der Waals surface area contributed by atoms with Crippen molar-refractivity contribution in [1.82, 2.24) is 15.1 Å². The van der Waals surface area contributed by atoms with Gasteiger partial charge in [-0.25, -0.2) is 4.79 Å². The van der Waals surface area contributed by atoms with Crippen molar-refractivity contribution in [2.24, 2.45) is 0 Å². The van der Waals surface area contributed by atoms with Gasteiger partial charge in [-0.15, -0.1) is 0 Å². The molecular formula is C17H21N3O5. The molecule has 0 saturated carbocycles. The van der Waals surface area contributed by atoms with Gasteiger partial charge in [0.2, 0.25) is 0 Å². The molecule has 2 saturated heterocycles. The van der Waals surface area contributed by atoms with Crippen molar-refractivity contribution in [3.63, 3.8) is 0 Å². The molecule has 134 valence electrons. The Morgan fingerprint density at radius 2 is 1.64 bits per heavy atom. The van der Waals surface area contributed by atoms with Gasteiger partial charge in [0, 0.05) is 31.8 Å². The summed E-state index contributed by atoms with van der Waals surface area (Å²) >= 11 is 0. The van der Waals surface area contributed by atoms with Crippen LogP contribution < -0.4 is 14.8 Å². The number of carbonyl (C=O) groups is 3. The fourth-order valence-electron chi connectivity index (χ4n) is 3.30. The Morgan fingerprint density at radius 1 is 1.08 bits per heavy atom. The van der Waals surface area contributed by atoms with Gasteiger partial charge < -0.3 is 19.7 Å². The Labute approximate surface area is 145 Å². The Bertz CT molecular complexity index is 703. The van der Waals surface area contributed by atoms with Crippen LogP contribution in [0.15, 0.2) is 18.2 Å². The van der Waals surface area contributed by atoms with Gasteiger partial charge in [-0.1, -0.05) is 0 Å². The summed E-state index contributed by atoms with van der Waals surface area (Å²) < 4.78 is 10.4. The summed E-state index contributed by atoms with van der Waals surface area (Å²) in [6.07, 6.45) is 0.795. The van der Waals surface area contributed by atoms with Gasteiger partial charge in [0.25, 0.3) is 11.8 Å². The van der Waals surface area contributed by atoms with E-state index in [0.29, 0.717) is 43.0 Å². The van der Waals surface area contributed by atoms with Gasteiger partial charge in [0.05, 0.1) is 14.2 Å². The van der Waals surface area contributed by atoms with E-state index in [4.69, 9.17) is 9.47 Å². The maximum atomic E-state index is 12.8. The molecule has 1 N–H and O–H groups in total. The van der Waals surface area contributed by atoms with E-state index in [0.717, 1.165) is 4.90 Å². The van der Waals surface area contributed by atoms with Crippen LogP contribution in [0.25, 0.3) is 0 Å². The van der Waals surface area contributed by atoms with Crippen LogP contribution in [0.2, 0.25) is 0 Å². The molecule has 8 heteroatoms. The van der Waals surface area contributed by atoms with Crippen LogP contribution in [-0.2, 0) is 4.79 Å². The van der Waals surface area contributed by atoms with Crippen molar-refractivity contribution < 1.29 is 23.9 Å². The average Bonchev–Trinajstić information content (AvgIpc) is 2.85. The van der Waals surface area contributed by atoms with Crippen molar-refractivity contribution in [3.8, 4) is 11.5 Å². The fraction of sp³-hybridized carbons (Fsp3) is 0.471. The molecule has 8 nitrogen and oxygen atoms in total. The third kappa shape index (κ3) is 2.88. The maximum Gasteiger partial charge on any atom is 0.324 e. The number of imide groups is 1. The van der Waals surface area contributed by atoms with E-state index in [1.165, 1.54) is 21.3 Å². The van der Waals surface area contributed by atoms with E-state index < -0.39 is 5.54 Å². The lowest BCUT2D eigenvalue weighted by atomic mass is 9.87. The van der Waals surface area contributed by atoms with E-state index in [1.54, 1.807) is 23.1 Å². The number of nitrogens with zero attached hydrogens (tertiary/aromatic N) is 2. The molecule has 3 rings (SSSR count). The minimum Gasteiger partial charge on any atom is -0.497 e. The summed E-state index contributed by atoms with van der Waals surface area (Å²) in [4.78, 5) is 39.6. The number of likely N-dealkylation sites (tertiary alicyclic amines) is 1. The highest BCUT2D eigenvalue weighted by Gasteiger charge is 2.51. The predicted molar refractivity (Wildman–Crippen MR) is 88.7 cm³/mol. The second-order valence-corrected chi connectivity index (χ2v) is 6.27.